The molecular formula is C12H16FN5S. The van der Waals surface area contributed by atoms with Crippen molar-refractivity contribution >= 4 is 11.8 Å². The van der Waals surface area contributed by atoms with Gasteiger partial charge in [-0.25, -0.2) is 9.07 Å². The van der Waals surface area contributed by atoms with Crippen molar-refractivity contribution in [3.05, 3.63) is 35.9 Å². The Morgan fingerprint density at radius 1 is 1.21 bits per heavy atom. The van der Waals surface area contributed by atoms with Gasteiger partial charge in [0, 0.05) is 11.4 Å². The lowest BCUT2D eigenvalue weighted by atomic mass is 10.3. The number of rotatable bonds is 7. The number of aryl methyl sites for hydroxylation is 1. The number of tetrazole rings is 1. The van der Waals surface area contributed by atoms with Crippen LogP contribution in [0, 0.1) is 5.82 Å². The monoisotopic (exact) mass is 281 g/mol. The van der Waals surface area contributed by atoms with Gasteiger partial charge < -0.3 is 5.73 Å². The molecule has 0 amide bonds. The molecule has 0 radical (unpaired) electrons. The number of benzene rings is 1. The minimum atomic E-state index is -0.226. The Bertz CT molecular complexity index is 499. The predicted octanol–water partition coefficient (Wildman–Crippen LogP) is 1.84. The first-order chi connectivity index (χ1) is 9.29. The summed E-state index contributed by atoms with van der Waals surface area (Å²) in [5.74, 6) is 1.27. The van der Waals surface area contributed by atoms with E-state index in [9.17, 15) is 4.39 Å². The average molecular weight is 281 g/mol. The highest BCUT2D eigenvalue weighted by atomic mass is 32.2. The summed E-state index contributed by atoms with van der Waals surface area (Å²) in [5.41, 5.74) is 5.46. The lowest BCUT2D eigenvalue weighted by molar-refractivity contribution is 0.532. The van der Waals surface area contributed by atoms with E-state index < -0.39 is 0 Å². The fourth-order valence-corrected chi connectivity index (χ4v) is 2.42. The smallest absolute Gasteiger partial charge is 0.161 e. The zero-order valence-corrected chi connectivity index (χ0v) is 11.3. The van der Waals surface area contributed by atoms with E-state index in [0.717, 1.165) is 30.1 Å². The maximum absolute atomic E-state index is 12.8. The lowest BCUT2D eigenvalue weighted by Gasteiger charge is -2.04. The van der Waals surface area contributed by atoms with Crippen LogP contribution in [0.15, 0.2) is 29.2 Å². The Morgan fingerprint density at radius 2 is 2.00 bits per heavy atom. The van der Waals surface area contributed by atoms with Gasteiger partial charge >= 0.3 is 0 Å². The van der Waals surface area contributed by atoms with Gasteiger partial charge in [-0.15, -0.1) is 16.9 Å². The molecule has 0 fully saturated rings. The molecule has 0 aliphatic heterocycles. The molecule has 19 heavy (non-hydrogen) atoms. The van der Waals surface area contributed by atoms with Crippen molar-refractivity contribution in [3.8, 4) is 0 Å². The second-order valence-electron chi connectivity index (χ2n) is 4.06. The van der Waals surface area contributed by atoms with Crippen molar-refractivity contribution in [2.45, 2.75) is 30.0 Å². The van der Waals surface area contributed by atoms with Gasteiger partial charge in [0.15, 0.2) is 5.82 Å². The van der Waals surface area contributed by atoms with E-state index in [1.807, 2.05) is 0 Å². The van der Waals surface area contributed by atoms with Gasteiger partial charge in [-0.2, -0.15) is 0 Å². The quantitative estimate of drug-likeness (QED) is 0.619. The molecule has 2 aromatic rings. The molecule has 0 saturated carbocycles. The van der Waals surface area contributed by atoms with Gasteiger partial charge in [0.2, 0.25) is 0 Å². The summed E-state index contributed by atoms with van der Waals surface area (Å²) >= 11 is 1.59. The molecule has 2 N–H and O–H groups in total. The third-order valence-electron chi connectivity index (χ3n) is 2.61. The highest BCUT2D eigenvalue weighted by Crippen LogP contribution is 2.21. The Hall–Kier alpha value is -1.47. The number of nitrogens with zero attached hydrogens (tertiary/aromatic N) is 4. The van der Waals surface area contributed by atoms with E-state index in [1.54, 1.807) is 28.6 Å². The third kappa shape index (κ3) is 4.29. The maximum atomic E-state index is 12.8. The van der Waals surface area contributed by atoms with Crippen LogP contribution in [0.3, 0.4) is 0 Å². The molecular weight excluding hydrogens is 265 g/mol. The van der Waals surface area contributed by atoms with Crippen LogP contribution in [0.5, 0.6) is 0 Å². The molecule has 7 heteroatoms. The second-order valence-corrected chi connectivity index (χ2v) is 5.11. The summed E-state index contributed by atoms with van der Waals surface area (Å²) in [6.07, 6.45) is 1.93. The Labute approximate surface area is 115 Å². The number of hydrogen-bond donors (Lipinski definition) is 1. The van der Waals surface area contributed by atoms with Crippen molar-refractivity contribution in [3.63, 3.8) is 0 Å². The first-order valence-corrected chi connectivity index (χ1v) is 7.11. The summed E-state index contributed by atoms with van der Waals surface area (Å²) in [4.78, 5) is 0.998. The zero-order chi connectivity index (χ0) is 13.5. The predicted molar refractivity (Wildman–Crippen MR) is 72.1 cm³/mol. The van der Waals surface area contributed by atoms with Crippen LogP contribution in [0.25, 0.3) is 0 Å². The topological polar surface area (TPSA) is 69.6 Å². The first kappa shape index (κ1) is 14.0. The highest BCUT2D eigenvalue weighted by Gasteiger charge is 2.06. The number of halogens is 1. The SMILES string of the molecule is NCCCCn1nnnc1CSc1ccc(F)cc1. The van der Waals surface area contributed by atoms with Crippen LogP contribution in [-0.2, 0) is 12.3 Å². The fourth-order valence-electron chi connectivity index (χ4n) is 1.58. The number of thioether (sulfide) groups is 1. The zero-order valence-electron chi connectivity index (χ0n) is 10.5. The van der Waals surface area contributed by atoms with E-state index in [-0.39, 0.29) is 5.82 Å². The van der Waals surface area contributed by atoms with Crippen LogP contribution < -0.4 is 5.73 Å². The molecule has 0 aliphatic rings. The van der Waals surface area contributed by atoms with Crippen molar-refractivity contribution in [1.29, 1.82) is 0 Å². The van der Waals surface area contributed by atoms with Crippen LogP contribution in [-0.4, -0.2) is 26.8 Å². The number of aromatic nitrogens is 4. The fraction of sp³-hybridized carbons (Fsp3) is 0.417. The second kappa shape index (κ2) is 7.20. The summed E-state index contributed by atoms with van der Waals surface area (Å²) in [6, 6.07) is 6.41. The van der Waals surface area contributed by atoms with E-state index in [4.69, 9.17) is 5.73 Å². The normalized spacial score (nSPS) is 10.8. The molecule has 0 unspecified atom stereocenters. The van der Waals surface area contributed by atoms with Crippen molar-refractivity contribution in [2.24, 2.45) is 5.73 Å². The van der Waals surface area contributed by atoms with Gasteiger partial charge in [0.25, 0.3) is 0 Å². The maximum Gasteiger partial charge on any atom is 0.161 e. The van der Waals surface area contributed by atoms with Crippen LogP contribution in [0.2, 0.25) is 0 Å². The molecule has 0 spiro atoms. The highest BCUT2D eigenvalue weighted by molar-refractivity contribution is 7.98. The minimum Gasteiger partial charge on any atom is -0.330 e. The average Bonchev–Trinajstić information content (AvgIpc) is 2.86. The third-order valence-corrected chi connectivity index (χ3v) is 3.62. The molecule has 0 atom stereocenters. The van der Waals surface area contributed by atoms with E-state index in [2.05, 4.69) is 15.5 Å². The molecule has 5 nitrogen and oxygen atoms in total. The summed E-state index contributed by atoms with van der Waals surface area (Å²) < 4.78 is 14.6. The molecule has 0 aliphatic carbocycles. The largest absolute Gasteiger partial charge is 0.330 e. The van der Waals surface area contributed by atoms with Gasteiger partial charge in [-0.3, -0.25) is 0 Å². The van der Waals surface area contributed by atoms with Crippen molar-refractivity contribution in [1.82, 2.24) is 20.2 Å². The van der Waals surface area contributed by atoms with E-state index in [0.29, 0.717) is 12.3 Å². The molecule has 2 rings (SSSR count). The Kier molecular flexibility index (Phi) is 5.29. The summed E-state index contributed by atoms with van der Waals surface area (Å²) in [6.45, 7) is 1.46. The standard InChI is InChI=1S/C12H16FN5S/c13-10-3-5-11(6-4-10)19-9-12-15-16-17-18(12)8-2-1-7-14/h3-6H,1-2,7-9,14H2. The van der Waals surface area contributed by atoms with Gasteiger partial charge in [0.1, 0.15) is 5.82 Å². The summed E-state index contributed by atoms with van der Waals surface area (Å²) in [5, 5.41) is 11.6. The molecule has 1 aromatic carbocycles. The van der Waals surface area contributed by atoms with Gasteiger partial charge in [0.05, 0.1) is 5.75 Å². The minimum absolute atomic E-state index is 0.226. The molecule has 0 bridgehead atoms. The molecule has 1 heterocycles. The number of nitrogens with two attached hydrogens (primary N) is 1. The molecule has 102 valence electrons. The van der Waals surface area contributed by atoms with Crippen LogP contribution >= 0.6 is 11.8 Å². The van der Waals surface area contributed by atoms with E-state index >= 15 is 0 Å². The molecule has 1 aromatic heterocycles. The van der Waals surface area contributed by atoms with Gasteiger partial charge in [-0.05, 0) is 54.1 Å². The van der Waals surface area contributed by atoms with Gasteiger partial charge in [-0.1, -0.05) is 0 Å². The Balaban J connectivity index is 1.88. The lowest BCUT2D eigenvalue weighted by Crippen LogP contribution is -2.07. The van der Waals surface area contributed by atoms with Crippen molar-refractivity contribution < 1.29 is 4.39 Å². The van der Waals surface area contributed by atoms with Crippen molar-refractivity contribution in [2.75, 3.05) is 6.54 Å². The summed E-state index contributed by atoms with van der Waals surface area (Å²) in [7, 11) is 0. The van der Waals surface area contributed by atoms with Crippen LogP contribution in [0.4, 0.5) is 4.39 Å². The Morgan fingerprint density at radius 3 is 2.74 bits per heavy atom. The van der Waals surface area contributed by atoms with E-state index in [1.165, 1.54) is 12.1 Å². The number of hydrogen-bond acceptors (Lipinski definition) is 5. The van der Waals surface area contributed by atoms with Crippen LogP contribution in [0.1, 0.15) is 18.7 Å². The number of unbranched alkanes of at least 4 members (excludes halogenated alkanes) is 1. The molecule has 0 saturated heterocycles. The first-order valence-electron chi connectivity index (χ1n) is 6.13.